The average molecular weight is 382 g/mol. The number of nitriles is 1. The SMILES string of the molecule is Cc1cc(NC(=O)CC(CC#N)c2ccccc2)n[nH]1.O=C(O)C(F)(F)F. The second-order valence-corrected chi connectivity index (χ2v) is 5.46. The van der Waals surface area contributed by atoms with Crippen LogP contribution in [0.3, 0.4) is 0 Å². The summed E-state index contributed by atoms with van der Waals surface area (Å²) < 4.78 is 31.7. The number of nitrogens with one attached hydrogen (secondary N) is 2. The van der Waals surface area contributed by atoms with E-state index in [1.807, 2.05) is 37.3 Å². The molecule has 0 spiro atoms. The van der Waals surface area contributed by atoms with Crippen molar-refractivity contribution >= 4 is 17.7 Å². The molecule has 2 rings (SSSR count). The summed E-state index contributed by atoms with van der Waals surface area (Å²) in [4.78, 5) is 20.9. The van der Waals surface area contributed by atoms with Gasteiger partial charge in [0.05, 0.1) is 6.07 Å². The summed E-state index contributed by atoms with van der Waals surface area (Å²) in [5, 5.41) is 25.5. The number of anilines is 1. The molecule has 1 amide bonds. The van der Waals surface area contributed by atoms with Crippen LogP contribution in [-0.4, -0.2) is 33.4 Å². The summed E-state index contributed by atoms with van der Waals surface area (Å²) in [6.45, 7) is 1.87. The third-order valence-corrected chi connectivity index (χ3v) is 3.26. The minimum atomic E-state index is -5.08. The van der Waals surface area contributed by atoms with Crippen LogP contribution in [0.1, 0.15) is 30.0 Å². The molecule has 1 heterocycles. The lowest BCUT2D eigenvalue weighted by atomic mass is 9.93. The number of hydrogen-bond donors (Lipinski definition) is 3. The van der Waals surface area contributed by atoms with E-state index in [0.717, 1.165) is 11.3 Å². The third-order valence-electron chi connectivity index (χ3n) is 3.26. The van der Waals surface area contributed by atoms with Crippen molar-refractivity contribution in [3.05, 3.63) is 47.7 Å². The molecule has 0 aliphatic rings. The van der Waals surface area contributed by atoms with E-state index in [9.17, 15) is 18.0 Å². The lowest BCUT2D eigenvalue weighted by molar-refractivity contribution is -0.192. The molecule has 0 aliphatic carbocycles. The van der Waals surface area contributed by atoms with Crippen molar-refractivity contribution in [2.75, 3.05) is 5.32 Å². The van der Waals surface area contributed by atoms with Crippen LogP contribution >= 0.6 is 0 Å². The number of H-pyrrole nitrogens is 1. The molecule has 0 saturated carbocycles. The summed E-state index contributed by atoms with van der Waals surface area (Å²) in [5.41, 5.74) is 1.89. The van der Waals surface area contributed by atoms with Gasteiger partial charge in [-0.15, -0.1) is 0 Å². The molecule has 0 bridgehead atoms. The van der Waals surface area contributed by atoms with Gasteiger partial charge in [-0.25, -0.2) is 4.79 Å². The first-order valence-corrected chi connectivity index (χ1v) is 7.67. The number of aromatic nitrogens is 2. The highest BCUT2D eigenvalue weighted by atomic mass is 19.4. The molecule has 1 atom stereocenters. The zero-order valence-corrected chi connectivity index (χ0v) is 14.2. The maximum atomic E-state index is 12.0. The number of carboxylic acid groups (broad SMARTS) is 1. The second kappa shape index (κ2) is 9.96. The number of benzene rings is 1. The molecule has 7 nitrogen and oxygen atoms in total. The Hall–Kier alpha value is -3.35. The van der Waals surface area contributed by atoms with E-state index in [4.69, 9.17) is 15.2 Å². The van der Waals surface area contributed by atoms with Gasteiger partial charge in [-0.1, -0.05) is 30.3 Å². The zero-order chi connectivity index (χ0) is 20.4. The van der Waals surface area contributed by atoms with Gasteiger partial charge in [-0.2, -0.15) is 23.5 Å². The molecule has 0 radical (unpaired) electrons. The van der Waals surface area contributed by atoms with Crippen LogP contribution < -0.4 is 5.32 Å². The van der Waals surface area contributed by atoms with Gasteiger partial charge < -0.3 is 10.4 Å². The van der Waals surface area contributed by atoms with E-state index >= 15 is 0 Å². The number of carbonyl (C=O) groups excluding carboxylic acids is 1. The number of carbonyl (C=O) groups is 2. The van der Waals surface area contributed by atoms with E-state index in [1.165, 1.54) is 0 Å². The van der Waals surface area contributed by atoms with Crippen molar-refractivity contribution in [1.82, 2.24) is 10.2 Å². The number of alkyl halides is 3. The van der Waals surface area contributed by atoms with Gasteiger partial charge in [-0.05, 0) is 12.5 Å². The van der Waals surface area contributed by atoms with Crippen molar-refractivity contribution in [3.63, 3.8) is 0 Å². The van der Waals surface area contributed by atoms with Crippen molar-refractivity contribution in [3.8, 4) is 6.07 Å². The molecule has 0 fully saturated rings. The number of aromatic amines is 1. The Morgan fingerprint density at radius 1 is 1.33 bits per heavy atom. The predicted molar refractivity (Wildman–Crippen MR) is 89.7 cm³/mol. The van der Waals surface area contributed by atoms with Crippen LogP contribution in [0.2, 0.25) is 0 Å². The van der Waals surface area contributed by atoms with E-state index in [1.54, 1.807) is 6.07 Å². The fourth-order valence-electron chi connectivity index (χ4n) is 2.04. The van der Waals surface area contributed by atoms with Crippen molar-refractivity contribution in [2.24, 2.45) is 0 Å². The number of aliphatic carboxylic acids is 1. The fourth-order valence-corrected chi connectivity index (χ4v) is 2.04. The Labute approximate surface area is 152 Å². The van der Waals surface area contributed by atoms with E-state index in [2.05, 4.69) is 21.6 Å². The van der Waals surface area contributed by atoms with Gasteiger partial charge in [0.1, 0.15) is 0 Å². The number of halogens is 3. The Bertz CT molecular complexity index is 798. The van der Waals surface area contributed by atoms with Crippen molar-refractivity contribution in [1.29, 1.82) is 5.26 Å². The smallest absolute Gasteiger partial charge is 0.475 e. The Kier molecular flexibility index (Phi) is 8.00. The number of amides is 1. The maximum absolute atomic E-state index is 12.0. The molecule has 0 saturated heterocycles. The highest BCUT2D eigenvalue weighted by Crippen LogP contribution is 2.23. The Morgan fingerprint density at radius 2 is 1.93 bits per heavy atom. The molecule has 10 heteroatoms. The summed E-state index contributed by atoms with van der Waals surface area (Å²) in [6.07, 6.45) is -4.50. The molecule has 1 aromatic carbocycles. The first-order valence-electron chi connectivity index (χ1n) is 7.67. The van der Waals surface area contributed by atoms with Crippen LogP contribution in [0.5, 0.6) is 0 Å². The predicted octanol–water partition coefficient (Wildman–Crippen LogP) is 3.38. The van der Waals surface area contributed by atoms with Gasteiger partial charge in [0.2, 0.25) is 5.91 Å². The molecule has 3 N–H and O–H groups in total. The van der Waals surface area contributed by atoms with E-state index < -0.39 is 12.1 Å². The molecule has 144 valence electrons. The molecule has 2 aromatic rings. The fraction of sp³-hybridized carbons (Fsp3) is 0.294. The molecular formula is C17H17F3N4O3. The molecule has 1 aromatic heterocycles. The lowest BCUT2D eigenvalue weighted by Gasteiger charge is -2.13. The first kappa shape index (κ1) is 21.7. The van der Waals surface area contributed by atoms with Crippen molar-refractivity contribution < 1.29 is 27.9 Å². The normalized spacial score (nSPS) is 11.5. The summed E-state index contributed by atoms with van der Waals surface area (Å²) >= 11 is 0. The summed E-state index contributed by atoms with van der Waals surface area (Å²) in [7, 11) is 0. The van der Waals surface area contributed by atoms with Crippen LogP contribution in [0, 0.1) is 18.3 Å². The van der Waals surface area contributed by atoms with Crippen LogP contribution in [0.15, 0.2) is 36.4 Å². The third kappa shape index (κ3) is 8.04. The van der Waals surface area contributed by atoms with Gasteiger partial charge in [0.15, 0.2) is 5.82 Å². The van der Waals surface area contributed by atoms with Crippen LogP contribution in [0.4, 0.5) is 19.0 Å². The minimum Gasteiger partial charge on any atom is -0.475 e. The zero-order valence-electron chi connectivity index (χ0n) is 14.2. The topological polar surface area (TPSA) is 119 Å². The Morgan fingerprint density at radius 3 is 2.37 bits per heavy atom. The van der Waals surface area contributed by atoms with Crippen LogP contribution in [-0.2, 0) is 9.59 Å². The number of aryl methyl sites for hydroxylation is 1. The minimum absolute atomic E-state index is 0.0961. The van der Waals surface area contributed by atoms with Crippen LogP contribution in [0.25, 0.3) is 0 Å². The molecule has 1 unspecified atom stereocenters. The quantitative estimate of drug-likeness (QED) is 0.732. The van der Waals surface area contributed by atoms with Gasteiger partial charge in [0.25, 0.3) is 0 Å². The summed E-state index contributed by atoms with van der Waals surface area (Å²) in [6, 6.07) is 13.5. The highest BCUT2D eigenvalue weighted by Gasteiger charge is 2.38. The molecular weight excluding hydrogens is 365 g/mol. The number of nitrogens with zero attached hydrogens (tertiary/aromatic N) is 2. The first-order chi connectivity index (χ1) is 12.6. The monoisotopic (exact) mass is 382 g/mol. The number of carboxylic acids is 1. The van der Waals surface area contributed by atoms with Gasteiger partial charge in [-0.3, -0.25) is 9.89 Å². The average Bonchev–Trinajstić information content (AvgIpc) is 2.99. The molecule has 0 aliphatic heterocycles. The van der Waals surface area contributed by atoms with Crippen molar-refractivity contribution in [2.45, 2.75) is 31.9 Å². The number of hydrogen-bond acceptors (Lipinski definition) is 4. The standard InChI is InChI=1S/C15H16N4O.C2HF3O2/c1-11-9-14(19-18-11)17-15(20)10-13(7-8-16)12-5-3-2-4-6-12;3-2(4,5)1(6)7/h2-6,9,13H,7,10H2,1H3,(H2,17,18,19,20);(H,6,7). The largest absolute Gasteiger partial charge is 0.490 e. The highest BCUT2D eigenvalue weighted by molar-refractivity contribution is 5.90. The second-order valence-electron chi connectivity index (χ2n) is 5.46. The Balaban J connectivity index is 0.000000445. The summed E-state index contributed by atoms with van der Waals surface area (Å²) in [5.74, 6) is -2.48. The number of rotatable bonds is 5. The molecule has 27 heavy (non-hydrogen) atoms. The van der Waals surface area contributed by atoms with Gasteiger partial charge >= 0.3 is 12.1 Å². The van der Waals surface area contributed by atoms with E-state index in [0.29, 0.717) is 12.2 Å². The lowest BCUT2D eigenvalue weighted by Crippen LogP contribution is -2.21. The van der Waals surface area contributed by atoms with Gasteiger partial charge in [0, 0.05) is 30.5 Å². The maximum Gasteiger partial charge on any atom is 0.490 e. The van der Waals surface area contributed by atoms with E-state index in [-0.39, 0.29) is 18.2 Å².